The van der Waals surface area contributed by atoms with Crippen molar-refractivity contribution in [1.82, 2.24) is 4.98 Å². The molecule has 0 radical (unpaired) electrons. The highest BCUT2D eigenvalue weighted by Gasteiger charge is 2.34. The topological polar surface area (TPSA) is 48.1 Å². The predicted molar refractivity (Wildman–Crippen MR) is 67.9 cm³/mol. The van der Waals surface area contributed by atoms with Crippen molar-refractivity contribution >= 4 is 0 Å². The summed E-state index contributed by atoms with van der Waals surface area (Å²) < 4.78 is 56.0. The molecule has 0 aliphatic carbocycles. The molecule has 1 heterocycles. The highest BCUT2D eigenvalue weighted by Crippen LogP contribution is 2.33. The molecule has 0 aliphatic heterocycles. The lowest BCUT2D eigenvalue weighted by molar-refractivity contribution is -0.140. The van der Waals surface area contributed by atoms with Gasteiger partial charge in [-0.1, -0.05) is 6.07 Å². The van der Waals surface area contributed by atoms with Gasteiger partial charge in [-0.15, -0.1) is 0 Å². The third kappa shape index (κ3) is 3.91. The van der Waals surface area contributed by atoms with Gasteiger partial charge in [-0.25, -0.2) is 4.39 Å². The molecule has 0 spiro atoms. The molecule has 2 aromatic rings. The van der Waals surface area contributed by atoms with Gasteiger partial charge < -0.3 is 10.5 Å². The van der Waals surface area contributed by atoms with Crippen molar-refractivity contribution in [3.63, 3.8) is 0 Å². The molecule has 0 fully saturated rings. The Hall–Kier alpha value is -2.15. The van der Waals surface area contributed by atoms with Crippen molar-refractivity contribution in [1.29, 1.82) is 0 Å². The van der Waals surface area contributed by atoms with Gasteiger partial charge >= 0.3 is 6.18 Å². The summed E-state index contributed by atoms with van der Waals surface area (Å²) in [6.45, 7) is 0.222. The van der Waals surface area contributed by atoms with Crippen LogP contribution in [0.25, 0.3) is 0 Å². The molecular weight excluding hydrogens is 288 g/mol. The van der Waals surface area contributed by atoms with Gasteiger partial charge in [-0.3, -0.25) is 4.98 Å². The van der Waals surface area contributed by atoms with Crippen molar-refractivity contribution in [3.8, 4) is 5.75 Å². The Labute approximate surface area is 118 Å². The van der Waals surface area contributed by atoms with Crippen molar-refractivity contribution in [2.24, 2.45) is 5.73 Å². The highest BCUT2D eigenvalue weighted by atomic mass is 19.4. The summed E-state index contributed by atoms with van der Waals surface area (Å²) in [5, 5.41) is 0. The summed E-state index contributed by atoms with van der Waals surface area (Å²) in [4.78, 5) is 4.15. The van der Waals surface area contributed by atoms with Gasteiger partial charge in [0.05, 0.1) is 17.0 Å². The Morgan fingerprint density at radius 3 is 2.48 bits per heavy atom. The van der Waals surface area contributed by atoms with Crippen LogP contribution in [0.1, 0.15) is 17.0 Å². The minimum absolute atomic E-state index is 0.0310. The lowest BCUT2D eigenvalue weighted by Crippen LogP contribution is -2.09. The summed E-state index contributed by atoms with van der Waals surface area (Å²) in [6.07, 6.45) is -4.76. The third-order valence-corrected chi connectivity index (χ3v) is 2.70. The molecule has 0 amide bonds. The number of alkyl halides is 3. The second-order valence-corrected chi connectivity index (χ2v) is 4.25. The maximum absolute atomic E-state index is 13.1. The first kappa shape index (κ1) is 15.2. The lowest BCUT2D eigenvalue weighted by Gasteiger charge is -2.11. The largest absolute Gasteiger partial charge is 0.487 e. The smallest absolute Gasteiger partial charge is 0.419 e. The van der Waals surface area contributed by atoms with E-state index >= 15 is 0 Å². The zero-order valence-corrected chi connectivity index (χ0v) is 10.8. The number of hydrogen-bond acceptors (Lipinski definition) is 3. The standard InChI is InChI=1S/C14H12F4N2O/c15-13-5-4-11(6-12(13)14(16,17)18)21-8-10-3-1-2-9(7-19)20-10/h1-6H,7-8,19H2. The fourth-order valence-corrected chi connectivity index (χ4v) is 1.69. The molecule has 1 aromatic heterocycles. The van der Waals surface area contributed by atoms with Gasteiger partial charge in [-0.05, 0) is 30.3 Å². The molecule has 7 heteroatoms. The summed E-state index contributed by atoms with van der Waals surface area (Å²) in [6, 6.07) is 7.59. The maximum Gasteiger partial charge on any atom is 0.419 e. The van der Waals surface area contributed by atoms with Crippen molar-refractivity contribution < 1.29 is 22.3 Å². The first-order valence-corrected chi connectivity index (χ1v) is 6.04. The Morgan fingerprint density at radius 2 is 1.81 bits per heavy atom. The van der Waals surface area contributed by atoms with E-state index in [9.17, 15) is 17.6 Å². The first-order chi connectivity index (χ1) is 9.90. The number of ether oxygens (including phenoxy) is 1. The number of benzene rings is 1. The number of nitrogens with two attached hydrogens (primary N) is 1. The summed E-state index contributed by atoms with van der Waals surface area (Å²) in [5.41, 5.74) is 5.25. The summed E-state index contributed by atoms with van der Waals surface area (Å²) in [5.74, 6) is -1.42. The molecule has 2 rings (SSSR count). The quantitative estimate of drug-likeness (QED) is 0.882. The van der Waals surface area contributed by atoms with Crippen LogP contribution >= 0.6 is 0 Å². The number of rotatable bonds is 4. The molecule has 2 N–H and O–H groups in total. The van der Waals surface area contributed by atoms with Gasteiger partial charge in [0.1, 0.15) is 18.2 Å². The van der Waals surface area contributed by atoms with Gasteiger partial charge in [0.25, 0.3) is 0 Å². The van der Waals surface area contributed by atoms with Crippen LogP contribution in [0, 0.1) is 5.82 Å². The van der Waals surface area contributed by atoms with E-state index < -0.39 is 17.6 Å². The van der Waals surface area contributed by atoms with E-state index in [2.05, 4.69) is 4.98 Å². The number of hydrogen-bond donors (Lipinski definition) is 1. The van der Waals surface area contributed by atoms with Crippen LogP contribution < -0.4 is 10.5 Å². The normalized spacial score (nSPS) is 11.5. The fraction of sp³-hybridized carbons (Fsp3) is 0.214. The fourth-order valence-electron chi connectivity index (χ4n) is 1.69. The molecular formula is C14H12F4N2O. The molecule has 0 saturated heterocycles. The van der Waals surface area contributed by atoms with E-state index in [4.69, 9.17) is 10.5 Å². The Kier molecular flexibility index (Phi) is 4.42. The lowest BCUT2D eigenvalue weighted by atomic mass is 10.2. The van der Waals surface area contributed by atoms with E-state index in [0.717, 1.165) is 12.1 Å². The monoisotopic (exact) mass is 300 g/mol. The van der Waals surface area contributed by atoms with Crippen molar-refractivity contribution in [2.75, 3.05) is 0 Å². The van der Waals surface area contributed by atoms with Crippen LogP contribution in [0.15, 0.2) is 36.4 Å². The van der Waals surface area contributed by atoms with Crippen LogP contribution in [0.4, 0.5) is 17.6 Å². The molecule has 112 valence electrons. The van der Waals surface area contributed by atoms with E-state index in [0.29, 0.717) is 17.5 Å². The number of aromatic nitrogens is 1. The van der Waals surface area contributed by atoms with E-state index in [-0.39, 0.29) is 18.9 Å². The molecule has 21 heavy (non-hydrogen) atoms. The average molecular weight is 300 g/mol. The van der Waals surface area contributed by atoms with Gasteiger partial charge in [0, 0.05) is 6.54 Å². The van der Waals surface area contributed by atoms with Gasteiger partial charge in [0.2, 0.25) is 0 Å². The Morgan fingerprint density at radius 1 is 1.10 bits per heavy atom. The van der Waals surface area contributed by atoms with Crippen molar-refractivity contribution in [2.45, 2.75) is 19.3 Å². The number of pyridine rings is 1. The molecule has 3 nitrogen and oxygen atoms in total. The van der Waals surface area contributed by atoms with Crippen LogP contribution in [0.2, 0.25) is 0 Å². The van der Waals surface area contributed by atoms with E-state index in [1.165, 1.54) is 0 Å². The van der Waals surface area contributed by atoms with Crippen molar-refractivity contribution in [3.05, 3.63) is 59.2 Å². The van der Waals surface area contributed by atoms with Crippen LogP contribution in [-0.2, 0) is 19.3 Å². The number of halogens is 4. The first-order valence-electron chi connectivity index (χ1n) is 6.04. The highest BCUT2D eigenvalue weighted by molar-refractivity contribution is 5.31. The Balaban J connectivity index is 2.13. The molecule has 0 atom stereocenters. The Bertz CT molecular complexity index is 629. The SMILES string of the molecule is NCc1cccc(COc2ccc(F)c(C(F)(F)F)c2)n1. The molecule has 0 unspecified atom stereocenters. The van der Waals surface area contributed by atoms with Crippen LogP contribution in [0.3, 0.4) is 0 Å². The molecule has 0 aliphatic rings. The van der Waals surface area contributed by atoms with E-state index in [1.807, 2.05) is 0 Å². The second kappa shape index (κ2) is 6.09. The molecule has 0 saturated carbocycles. The maximum atomic E-state index is 13.1. The van der Waals surface area contributed by atoms with Crippen LogP contribution in [-0.4, -0.2) is 4.98 Å². The van der Waals surface area contributed by atoms with E-state index in [1.54, 1.807) is 18.2 Å². The number of nitrogens with zero attached hydrogens (tertiary/aromatic N) is 1. The summed E-state index contributed by atoms with van der Waals surface area (Å²) >= 11 is 0. The minimum Gasteiger partial charge on any atom is -0.487 e. The minimum atomic E-state index is -4.76. The summed E-state index contributed by atoms with van der Waals surface area (Å²) in [7, 11) is 0. The van der Waals surface area contributed by atoms with Gasteiger partial charge in [-0.2, -0.15) is 13.2 Å². The second-order valence-electron chi connectivity index (χ2n) is 4.25. The van der Waals surface area contributed by atoms with Gasteiger partial charge in [0.15, 0.2) is 0 Å². The third-order valence-electron chi connectivity index (χ3n) is 2.70. The average Bonchev–Trinajstić information content (AvgIpc) is 2.45. The zero-order valence-electron chi connectivity index (χ0n) is 10.8. The molecule has 1 aromatic carbocycles. The molecule has 0 bridgehead atoms. The zero-order chi connectivity index (χ0) is 15.5. The predicted octanol–water partition coefficient (Wildman–Crippen LogP) is 3.28. The van der Waals surface area contributed by atoms with Crippen LogP contribution in [0.5, 0.6) is 5.75 Å².